The molecule has 0 aromatic heterocycles. The molecule has 1 aromatic carbocycles. The molecule has 1 saturated heterocycles. The zero-order valence-corrected chi connectivity index (χ0v) is 12.2. The van der Waals surface area contributed by atoms with Crippen molar-refractivity contribution in [1.29, 1.82) is 0 Å². The number of benzene rings is 1. The second-order valence-electron chi connectivity index (χ2n) is 5.18. The van der Waals surface area contributed by atoms with Gasteiger partial charge in [-0.2, -0.15) is 0 Å². The molecule has 0 unspecified atom stereocenters. The maximum absolute atomic E-state index is 13.9. The number of likely N-dealkylation sites (N-methyl/N-ethyl adjacent to an activating group) is 1. The SMILES string of the molecule is CCCNc1c(F)cccc1C(=O)N1CCN(C)CC1. The summed E-state index contributed by atoms with van der Waals surface area (Å²) in [5, 5.41) is 3.03. The quantitative estimate of drug-likeness (QED) is 0.916. The molecule has 20 heavy (non-hydrogen) atoms. The van der Waals surface area contributed by atoms with Crippen molar-refractivity contribution in [3.05, 3.63) is 29.6 Å². The van der Waals surface area contributed by atoms with Gasteiger partial charge in [-0.25, -0.2) is 4.39 Å². The monoisotopic (exact) mass is 279 g/mol. The Hall–Kier alpha value is -1.62. The van der Waals surface area contributed by atoms with Crippen molar-refractivity contribution in [2.24, 2.45) is 0 Å². The first-order valence-electron chi connectivity index (χ1n) is 7.13. The maximum atomic E-state index is 13.9. The first-order valence-corrected chi connectivity index (χ1v) is 7.13. The van der Waals surface area contributed by atoms with Gasteiger partial charge in [0.25, 0.3) is 5.91 Å². The van der Waals surface area contributed by atoms with Crippen LogP contribution >= 0.6 is 0 Å². The standard InChI is InChI=1S/C15H22FN3O/c1-3-7-17-14-12(5-4-6-13(14)16)15(20)19-10-8-18(2)9-11-19/h4-6,17H,3,7-11H2,1-2H3. The Morgan fingerprint density at radius 1 is 1.30 bits per heavy atom. The van der Waals surface area contributed by atoms with Crippen molar-refractivity contribution in [2.45, 2.75) is 13.3 Å². The van der Waals surface area contributed by atoms with Gasteiger partial charge in [-0.1, -0.05) is 13.0 Å². The topological polar surface area (TPSA) is 35.6 Å². The van der Waals surface area contributed by atoms with Crippen molar-refractivity contribution in [3.8, 4) is 0 Å². The Morgan fingerprint density at radius 2 is 2.00 bits per heavy atom. The van der Waals surface area contributed by atoms with Crippen LogP contribution in [0.1, 0.15) is 23.7 Å². The number of hydrogen-bond acceptors (Lipinski definition) is 3. The third-order valence-corrected chi connectivity index (χ3v) is 3.59. The highest BCUT2D eigenvalue weighted by Crippen LogP contribution is 2.22. The molecule has 0 atom stereocenters. The van der Waals surface area contributed by atoms with E-state index in [1.54, 1.807) is 17.0 Å². The molecule has 0 bridgehead atoms. The summed E-state index contributed by atoms with van der Waals surface area (Å²) >= 11 is 0. The Bertz CT molecular complexity index is 470. The van der Waals surface area contributed by atoms with Gasteiger partial charge in [0.15, 0.2) is 0 Å². The fraction of sp³-hybridized carbons (Fsp3) is 0.533. The fourth-order valence-corrected chi connectivity index (χ4v) is 2.31. The van der Waals surface area contributed by atoms with Gasteiger partial charge >= 0.3 is 0 Å². The smallest absolute Gasteiger partial charge is 0.256 e. The summed E-state index contributed by atoms with van der Waals surface area (Å²) in [5.41, 5.74) is 0.765. The van der Waals surface area contributed by atoms with Crippen LogP contribution < -0.4 is 5.32 Å². The highest BCUT2D eigenvalue weighted by atomic mass is 19.1. The lowest BCUT2D eigenvalue weighted by Gasteiger charge is -2.32. The van der Waals surface area contributed by atoms with Crippen molar-refractivity contribution in [3.63, 3.8) is 0 Å². The summed E-state index contributed by atoms with van der Waals surface area (Å²) in [6.07, 6.45) is 0.885. The summed E-state index contributed by atoms with van der Waals surface area (Å²) in [5.74, 6) is -0.449. The number of carbonyl (C=O) groups excluding carboxylic acids is 1. The van der Waals surface area contributed by atoms with Crippen LogP contribution in [-0.2, 0) is 0 Å². The average Bonchev–Trinajstić information content (AvgIpc) is 2.46. The summed E-state index contributed by atoms with van der Waals surface area (Å²) in [6.45, 7) is 5.77. The van der Waals surface area contributed by atoms with Crippen LogP contribution in [0.3, 0.4) is 0 Å². The van der Waals surface area contributed by atoms with Crippen molar-refractivity contribution >= 4 is 11.6 Å². The van der Waals surface area contributed by atoms with E-state index in [0.29, 0.717) is 30.9 Å². The largest absolute Gasteiger partial charge is 0.382 e. The molecule has 0 spiro atoms. The molecule has 0 radical (unpaired) electrons. The number of rotatable bonds is 4. The van der Waals surface area contributed by atoms with E-state index >= 15 is 0 Å². The van der Waals surface area contributed by atoms with Gasteiger partial charge in [0.05, 0.1) is 11.3 Å². The number of carbonyl (C=O) groups is 1. The van der Waals surface area contributed by atoms with Gasteiger partial charge in [-0.05, 0) is 25.6 Å². The Kier molecular flexibility index (Phi) is 4.95. The van der Waals surface area contributed by atoms with Crippen molar-refractivity contribution < 1.29 is 9.18 Å². The molecule has 1 N–H and O–H groups in total. The van der Waals surface area contributed by atoms with Crippen LogP contribution in [0.2, 0.25) is 0 Å². The van der Waals surface area contributed by atoms with E-state index < -0.39 is 0 Å². The first-order chi connectivity index (χ1) is 9.63. The van der Waals surface area contributed by atoms with E-state index in [4.69, 9.17) is 0 Å². The number of anilines is 1. The molecule has 1 aromatic rings. The second kappa shape index (κ2) is 6.70. The molecule has 1 aliphatic heterocycles. The maximum Gasteiger partial charge on any atom is 0.256 e. The molecule has 2 rings (SSSR count). The van der Waals surface area contributed by atoms with Gasteiger partial charge < -0.3 is 15.1 Å². The number of hydrogen-bond donors (Lipinski definition) is 1. The van der Waals surface area contributed by atoms with Crippen LogP contribution in [0.4, 0.5) is 10.1 Å². The number of piperazine rings is 1. The highest BCUT2D eigenvalue weighted by Gasteiger charge is 2.23. The molecule has 110 valence electrons. The molecule has 1 fully saturated rings. The number of amides is 1. The van der Waals surface area contributed by atoms with Gasteiger partial charge in [-0.3, -0.25) is 4.79 Å². The number of nitrogens with one attached hydrogen (secondary N) is 1. The lowest BCUT2D eigenvalue weighted by atomic mass is 10.1. The lowest BCUT2D eigenvalue weighted by molar-refractivity contribution is 0.0664. The van der Waals surface area contributed by atoms with Gasteiger partial charge in [0, 0.05) is 32.7 Å². The van der Waals surface area contributed by atoms with E-state index in [2.05, 4.69) is 10.2 Å². The zero-order valence-electron chi connectivity index (χ0n) is 12.2. The Balaban J connectivity index is 2.18. The van der Waals surface area contributed by atoms with Crippen LogP contribution in [0, 0.1) is 5.82 Å². The Labute approximate surface area is 119 Å². The van der Waals surface area contributed by atoms with Gasteiger partial charge in [0.1, 0.15) is 5.82 Å². The number of halogens is 1. The number of nitrogens with zero attached hydrogens (tertiary/aromatic N) is 2. The average molecular weight is 279 g/mol. The Morgan fingerprint density at radius 3 is 2.65 bits per heavy atom. The minimum Gasteiger partial charge on any atom is -0.382 e. The van der Waals surface area contributed by atoms with Gasteiger partial charge in [0.2, 0.25) is 0 Å². The molecule has 1 amide bonds. The number of para-hydroxylation sites is 1. The molecule has 0 aliphatic carbocycles. The summed E-state index contributed by atoms with van der Waals surface area (Å²) in [4.78, 5) is 16.5. The zero-order chi connectivity index (χ0) is 14.5. The van der Waals surface area contributed by atoms with E-state index in [-0.39, 0.29) is 11.7 Å². The van der Waals surface area contributed by atoms with Crippen molar-refractivity contribution in [2.75, 3.05) is 45.1 Å². The molecule has 1 heterocycles. The van der Waals surface area contributed by atoms with Gasteiger partial charge in [-0.15, -0.1) is 0 Å². The van der Waals surface area contributed by atoms with E-state index in [1.807, 2.05) is 14.0 Å². The molecular formula is C15H22FN3O. The normalized spacial score (nSPS) is 16.2. The predicted octanol–water partition coefficient (Wildman–Crippen LogP) is 2.04. The van der Waals surface area contributed by atoms with Crippen LogP contribution in [0.15, 0.2) is 18.2 Å². The summed E-state index contributed by atoms with van der Waals surface area (Å²) in [6, 6.07) is 4.68. The van der Waals surface area contributed by atoms with Crippen LogP contribution in [0.25, 0.3) is 0 Å². The minimum absolute atomic E-state index is 0.0868. The third kappa shape index (κ3) is 3.28. The van der Waals surface area contributed by atoms with E-state index in [9.17, 15) is 9.18 Å². The van der Waals surface area contributed by atoms with Crippen LogP contribution in [0.5, 0.6) is 0 Å². The predicted molar refractivity (Wildman–Crippen MR) is 78.6 cm³/mol. The molecule has 5 heteroatoms. The summed E-state index contributed by atoms with van der Waals surface area (Å²) < 4.78 is 13.9. The molecule has 0 saturated carbocycles. The molecule has 4 nitrogen and oxygen atoms in total. The van der Waals surface area contributed by atoms with Crippen molar-refractivity contribution in [1.82, 2.24) is 9.80 Å². The van der Waals surface area contributed by atoms with E-state index in [0.717, 1.165) is 19.5 Å². The molecule has 1 aliphatic rings. The fourth-order valence-electron chi connectivity index (χ4n) is 2.31. The minimum atomic E-state index is -0.363. The lowest BCUT2D eigenvalue weighted by Crippen LogP contribution is -2.47. The third-order valence-electron chi connectivity index (χ3n) is 3.59. The second-order valence-corrected chi connectivity index (χ2v) is 5.18. The van der Waals surface area contributed by atoms with E-state index in [1.165, 1.54) is 6.07 Å². The summed E-state index contributed by atoms with van der Waals surface area (Å²) in [7, 11) is 2.04. The molecular weight excluding hydrogens is 257 g/mol. The first kappa shape index (κ1) is 14.8. The highest BCUT2D eigenvalue weighted by molar-refractivity contribution is 5.99. The van der Waals surface area contributed by atoms with Crippen LogP contribution in [-0.4, -0.2) is 55.5 Å².